The molecule has 0 atom stereocenters. The predicted molar refractivity (Wildman–Crippen MR) is 113 cm³/mol. The van der Waals surface area contributed by atoms with E-state index in [0.29, 0.717) is 25.4 Å². The Bertz CT molecular complexity index is 1140. The van der Waals surface area contributed by atoms with Gasteiger partial charge in [-0.25, -0.2) is 0 Å². The van der Waals surface area contributed by atoms with Gasteiger partial charge >= 0.3 is 0 Å². The van der Waals surface area contributed by atoms with Gasteiger partial charge in [-0.05, 0) is 23.6 Å². The van der Waals surface area contributed by atoms with E-state index in [0.717, 1.165) is 39.9 Å². The van der Waals surface area contributed by atoms with Crippen LogP contribution in [0.1, 0.15) is 15.2 Å². The Morgan fingerprint density at radius 1 is 1.00 bits per heavy atom. The van der Waals surface area contributed by atoms with Crippen molar-refractivity contribution in [3.8, 4) is 5.75 Å². The molecule has 4 aromatic rings. The van der Waals surface area contributed by atoms with E-state index in [1.165, 1.54) is 16.7 Å². The monoisotopic (exact) mass is 391 g/mol. The van der Waals surface area contributed by atoms with Gasteiger partial charge in [-0.1, -0.05) is 24.3 Å². The molecule has 0 bridgehead atoms. The van der Waals surface area contributed by atoms with Crippen LogP contribution in [0.4, 0.5) is 0 Å². The first-order chi connectivity index (χ1) is 13.7. The first kappa shape index (κ1) is 17.3. The number of thiophene rings is 1. The molecule has 1 aliphatic heterocycles. The van der Waals surface area contributed by atoms with Crippen molar-refractivity contribution in [3.05, 3.63) is 64.4 Å². The Kier molecular flexibility index (Phi) is 4.30. The molecule has 2 aromatic heterocycles. The van der Waals surface area contributed by atoms with Gasteiger partial charge in [-0.2, -0.15) is 0 Å². The first-order valence-corrected chi connectivity index (χ1v) is 10.3. The van der Waals surface area contributed by atoms with Gasteiger partial charge in [0.1, 0.15) is 5.75 Å². The number of rotatable bonds is 3. The number of amides is 1. The lowest BCUT2D eigenvalue weighted by Gasteiger charge is -2.34. The Balaban J connectivity index is 1.33. The van der Waals surface area contributed by atoms with Crippen molar-refractivity contribution in [2.45, 2.75) is 6.54 Å². The molecule has 0 unspecified atom stereocenters. The summed E-state index contributed by atoms with van der Waals surface area (Å²) < 4.78 is 0. The summed E-state index contributed by atoms with van der Waals surface area (Å²) in [6, 6.07) is 15.9. The van der Waals surface area contributed by atoms with Gasteiger partial charge in [0.15, 0.2) is 0 Å². The molecule has 2 aromatic carbocycles. The zero-order chi connectivity index (χ0) is 19.1. The number of nitrogens with one attached hydrogen (secondary N) is 1. The lowest BCUT2D eigenvalue weighted by molar-refractivity contribution is 0.0632. The number of carbonyl (C=O) groups excluding carboxylic acids is 1. The molecule has 1 fully saturated rings. The van der Waals surface area contributed by atoms with E-state index in [9.17, 15) is 9.90 Å². The maximum atomic E-state index is 12.5. The van der Waals surface area contributed by atoms with Crippen molar-refractivity contribution in [2.75, 3.05) is 26.2 Å². The second-order valence-corrected chi connectivity index (χ2v) is 8.19. The van der Waals surface area contributed by atoms with Crippen LogP contribution < -0.4 is 0 Å². The van der Waals surface area contributed by atoms with Crippen molar-refractivity contribution in [2.24, 2.45) is 0 Å². The Labute approximate surface area is 166 Å². The SMILES string of the molecule is O=C(c1cccs1)N1CCN(Cc2cc3c(cc2O)[nH]c2ccccc23)CC1. The van der Waals surface area contributed by atoms with Gasteiger partial charge in [-0.15, -0.1) is 11.3 Å². The number of fused-ring (bicyclic) bond motifs is 3. The third-order valence-electron chi connectivity index (χ3n) is 5.49. The molecule has 6 heteroatoms. The molecule has 1 aliphatic rings. The third kappa shape index (κ3) is 3.04. The van der Waals surface area contributed by atoms with E-state index >= 15 is 0 Å². The summed E-state index contributed by atoms with van der Waals surface area (Å²) in [5.74, 6) is 0.439. The van der Waals surface area contributed by atoms with Crippen molar-refractivity contribution in [1.29, 1.82) is 0 Å². The van der Waals surface area contributed by atoms with E-state index in [2.05, 4.69) is 28.1 Å². The zero-order valence-electron chi connectivity index (χ0n) is 15.4. The number of nitrogens with zero attached hydrogens (tertiary/aromatic N) is 2. The van der Waals surface area contributed by atoms with Gasteiger partial charge in [0.25, 0.3) is 5.91 Å². The molecule has 3 heterocycles. The van der Waals surface area contributed by atoms with E-state index in [1.54, 1.807) is 0 Å². The maximum Gasteiger partial charge on any atom is 0.264 e. The van der Waals surface area contributed by atoms with Crippen LogP contribution in [0.2, 0.25) is 0 Å². The van der Waals surface area contributed by atoms with E-state index in [-0.39, 0.29) is 5.91 Å². The lowest BCUT2D eigenvalue weighted by atomic mass is 10.1. The van der Waals surface area contributed by atoms with Crippen LogP contribution >= 0.6 is 11.3 Å². The highest BCUT2D eigenvalue weighted by molar-refractivity contribution is 7.12. The van der Waals surface area contributed by atoms with Crippen LogP contribution in [0.25, 0.3) is 21.8 Å². The molecule has 1 saturated heterocycles. The molecular formula is C22H21N3O2S. The highest BCUT2D eigenvalue weighted by Crippen LogP contribution is 2.31. The topological polar surface area (TPSA) is 59.6 Å². The van der Waals surface area contributed by atoms with Crippen molar-refractivity contribution < 1.29 is 9.90 Å². The standard InChI is InChI=1S/C22H21N3O2S/c26-20-13-19-17(16-4-1-2-5-18(16)23-19)12-15(20)14-24-7-9-25(10-8-24)22(27)21-6-3-11-28-21/h1-6,11-13,23,26H,7-10,14H2. The number of phenolic OH excluding ortho intramolecular Hbond substituents is 1. The first-order valence-electron chi connectivity index (χ1n) is 9.46. The number of aromatic amines is 1. The molecule has 28 heavy (non-hydrogen) atoms. The number of H-pyrrole nitrogens is 1. The van der Waals surface area contributed by atoms with Crippen molar-refractivity contribution in [1.82, 2.24) is 14.8 Å². The number of piperazine rings is 1. The summed E-state index contributed by atoms with van der Waals surface area (Å²) in [4.78, 5) is 20.9. The average Bonchev–Trinajstić information content (AvgIpc) is 3.36. The van der Waals surface area contributed by atoms with Crippen molar-refractivity contribution >= 4 is 39.0 Å². The average molecular weight is 391 g/mol. The molecule has 0 radical (unpaired) electrons. The zero-order valence-corrected chi connectivity index (χ0v) is 16.2. The van der Waals surface area contributed by atoms with Crippen LogP contribution in [-0.2, 0) is 6.54 Å². The fraction of sp³-hybridized carbons (Fsp3) is 0.227. The number of aromatic nitrogens is 1. The molecule has 0 spiro atoms. The summed E-state index contributed by atoms with van der Waals surface area (Å²) in [5.41, 5.74) is 2.96. The highest BCUT2D eigenvalue weighted by Gasteiger charge is 2.23. The molecule has 1 amide bonds. The van der Waals surface area contributed by atoms with Gasteiger partial charge in [-0.3, -0.25) is 9.69 Å². The smallest absolute Gasteiger partial charge is 0.264 e. The number of aromatic hydroxyl groups is 1. The van der Waals surface area contributed by atoms with Crippen LogP contribution in [0.15, 0.2) is 53.9 Å². The van der Waals surface area contributed by atoms with Gasteiger partial charge < -0.3 is 15.0 Å². The van der Waals surface area contributed by atoms with Gasteiger partial charge in [0.2, 0.25) is 0 Å². The fourth-order valence-corrected chi connectivity index (χ4v) is 4.65. The summed E-state index contributed by atoms with van der Waals surface area (Å²) in [6.45, 7) is 3.73. The quantitative estimate of drug-likeness (QED) is 0.554. The minimum absolute atomic E-state index is 0.123. The molecule has 2 N–H and O–H groups in total. The van der Waals surface area contributed by atoms with Crippen LogP contribution in [0, 0.1) is 0 Å². The Hall–Kier alpha value is -2.83. The number of hydrogen-bond donors (Lipinski definition) is 2. The Morgan fingerprint density at radius 2 is 1.82 bits per heavy atom. The third-order valence-corrected chi connectivity index (χ3v) is 6.35. The van der Waals surface area contributed by atoms with Gasteiger partial charge in [0.05, 0.1) is 10.4 Å². The number of hydrogen-bond acceptors (Lipinski definition) is 4. The summed E-state index contributed by atoms with van der Waals surface area (Å²) in [7, 11) is 0. The predicted octanol–water partition coefficient (Wildman–Crippen LogP) is 4.05. The van der Waals surface area contributed by atoms with E-state index < -0.39 is 0 Å². The molecule has 5 nitrogen and oxygen atoms in total. The number of benzene rings is 2. The second kappa shape index (κ2) is 6.96. The normalized spacial score (nSPS) is 15.5. The van der Waals surface area contributed by atoms with Crippen LogP contribution in [0.3, 0.4) is 0 Å². The molecule has 5 rings (SSSR count). The molecular weight excluding hydrogens is 370 g/mol. The number of carbonyl (C=O) groups is 1. The van der Waals surface area contributed by atoms with E-state index in [4.69, 9.17) is 0 Å². The van der Waals surface area contributed by atoms with Gasteiger partial charge in [0, 0.05) is 60.6 Å². The fourth-order valence-electron chi connectivity index (χ4n) is 3.96. The maximum absolute atomic E-state index is 12.5. The van der Waals surface area contributed by atoms with E-state index in [1.807, 2.05) is 40.6 Å². The number of para-hydroxylation sites is 1. The van der Waals surface area contributed by atoms with Crippen molar-refractivity contribution in [3.63, 3.8) is 0 Å². The largest absolute Gasteiger partial charge is 0.508 e. The number of phenols is 1. The summed E-state index contributed by atoms with van der Waals surface area (Å²) in [6.07, 6.45) is 0. The van der Waals surface area contributed by atoms with Crippen LogP contribution in [0.5, 0.6) is 5.75 Å². The minimum Gasteiger partial charge on any atom is -0.508 e. The summed E-state index contributed by atoms with van der Waals surface area (Å²) in [5, 5.41) is 14.8. The summed E-state index contributed by atoms with van der Waals surface area (Å²) >= 11 is 1.49. The molecule has 0 saturated carbocycles. The molecule has 0 aliphatic carbocycles. The second-order valence-electron chi connectivity index (χ2n) is 7.24. The Morgan fingerprint density at radius 3 is 2.61 bits per heavy atom. The minimum atomic E-state index is 0.123. The highest BCUT2D eigenvalue weighted by atomic mass is 32.1. The van der Waals surface area contributed by atoms with Crippen LogP contribution in [-0.4, -0.2) is 52.0 Å². The lowest BCUT2D eigenvalue weighted by Crippen LogP contribution is -2.48. The molecule has 142 valence electrons.